The molecule has 27 heavy (non-hydrogen) atoms. The van der Waals surface area contributed by atoms with Gasteiger partial charge in [0.2, 0.25) is 11.8 Å². The van der Waals surface area contributed by atoms with E-state index < -0.39 is 5.91 Å². The molecule has 1 aromatic heterocycles. The van der Waals surface area contributed by atoms with E-state index >= 15 is 0 Å². The lowest BCUT2D eigenvalue weighted by Crippen LogP contribution is -2.15. The zero-order chi connectivity index (χ0) is 19.6. The number of primary amides is 1. The molecule has 3 aromatic rings. The highest BCUT2D eigenvalue weighted by Crippen LogP contribution is 2.28. The van der Waals surface area contributed by atoms with Crippen molar-refractivity contribution in [3.63, 3.8) is 0 Å². The Labute approximate surface area is 161 Å². The number of carbonyl (C=O) groups excluding carboxylic acids is 2. The molecule has 1 heterocycles. The molecule has 0 bridgehead atoms. The Bertz CT molecular complexity index is 1010. The van der Waals surface area contributed by atoms with Crippen LogP contribution in [0.4, 0.5) is 5.69 Å². The third-order valence-corrected chi connectivity index (χ3v) is 4.88. The van der Waals surface area contributed by atoms with Crippen LogP contribution >= 0.6 is 11.8 Å². The van der Waals surface area contributed by atoms with Gasteiger partial charge in [0, 0.05) is 16.0 Å². The second kappa shape index (κ2) is 7.44. The summed E-state index contributed by atoms with van der Waals surface area (Å²) in [6.07, 6.45) is 0. The molecule has 0 saturated heterocycles. The Morgan fingerprint density at radius 2 is 1.93 bits per heavy atom. The number of benzene rings is 2. The number of nitrogens with zero attached hydrogens (tertiary/aromatic N) is 1. The first kappa shape index (κ1) is 19.0. The van der Waals surface area contributed by atoms with Crippen LogP contribution < -0.4 is 11.1 Å². The topological polar surface area (TPSA) is 98.2 Å². The van der Waals surface area contributed by atoms with Crippen LogP contribution in [-0.2, 0) is 10.2 Å². The van der Waals surface area contributed by atoms with Crippen LogP contribution in [0.3, 0.4) is 0 Å². The van der Waals surface area contributed by atoms with Crippen molar-refractivity contribution in [3.05, 3.63) is 53.9 Å². The van der Waals surface area contributed by atoms with Gasteiger partial charge in [0.25, 0.3) is 5.91 Å². The Morgan fingerprint density at radius 1 is 1.19 bits per heavy atom. The van der Waals surface area contributed by atoms with Gasteiger partial charge < -0.3 is 15.5 Å². The fourth-order valence-corrected chi connectivity index (χ4v) is 3.24. The molecule has 0 aliphatic heterocycles. The van der Waals surface area contributed by atoms with Crippen molar-refractivity contribution in [3.8, 4) is 0 Å². The van der Waals surface area contributed by atoms with Gasteiger partial charge in [-0.3, -0.25) is 9.59 Å². The van der Waals surface area contributed by atoms with E-state index in [1.807, 2.05) is 26.8 Å². The summed E-state index contributed by atoms with van der Waals surface area (Å²) in [6, 6.07) is 12.4. The first-order chi connectivity index (χ1) is 12.7. The Balaban J connectivity index is 1.83. The zero-order valence-corrected chi connectivity index (χ0v) is 16.2. The van der Waals surface area contributed by atoms with Crippen molar-refractivity contribution in [2.45, 2.75) is 31.1 Å². The lowest BCUT2D eigenvalue weighted by atomic mass is 9.97. The van der Waals surface area contributed by atoms with Crippen LogP contribution in [0.15, 0.2) is 51.8 Å². The lowest BCUT2D eigenvalue weighted by molar-refractivity contribution is -0.115. The van der Waals surface area contributed by atoms with Crippen molar-refractivity contribution in [2.75, 3.05) is 11.1 Å². The third-order valence-electron chi connectivity index (χ3n) is 3.79. The maximum atomic E-state index is 12.7. The van der Waals surface area contributed by atoms with Crippen LogP contribution in [-0.4, -0.2) is 22.6 Å². The Hall–Kier alpha value is -2.80. The SMILES string of the molecule is CC(C)(C)c1nc2cc(NC(=O)c3ccccc3SCC(N)=O)ccc2o1. The third kappa shape index (κ3) is 4.49. The van der Waals surface area contributed by atoms with E-state index in [1.54, 1.807) is 36.4 Å². The van der Waals surface area contributed by atoms with E-state index in [1.165, 1.54) is 11.8 Å². The first-order valence-corrected chi connectivity index (χ1v) is 9.45. The number of fused-ring (bicyclic) bond motifs is 1. The predicted octanol–water partition coefficient (Wildman–Crippen LogP) is 3.96. The van der Waals surface area contributed by atoms with Gasteiger partial charge in [-0.25, -0.2) is 4.98 Å². The summed E-state index contributed by atoms with van der Waals surface area (Å²) in [5, 5.41) is 2.88. The van der Waals surface area contributed by atoms with Crippen molar-refractivity contribution in [1.82, 2.24) is 4.98 Å². The molecule has 0 radical (unpaired) electrons. The molecule has 0 aliphatic rings. The average molecular weight is 383 g/mol. The molecule has 0 unspecified atom stereocenters. The van der Waals surface area contributed by atoms with Gasteiger partial charge >= 0.3 is 0 Å². The number of rotatable bonds is 5. The van der Waals surface area contributed by atoms with Crippen LogP contribution in [0.25, 0.3) is 11.1 Å². The van der Waals surface area contributed by atoms with E-state index in [0.29, 0.717) is 33.1 Å². The molecule has 2 aromatic carbocycles. The monoisotopic (exact) mass is 383 g/mol. The van der Waals surface area contributed by atoms with Gasteiger partial charge in [-0.05, 0) is 30.3 Å². The Kier molecular flexibility index (Phi) is 5.23. The van der Waals surface area contributed by atoms with Crippen molar-refractivity contribution >= 4 is 40.4 Å². The predicted molar refractivity (Wildman–Crippen MR) is 107 cm³/mol. The van der Waals surface area contributed by atoms with Crippen molar-refractivity contribution in [2.24, 2.45) is 5.73 Å². The van der Waals surface area contributed by atoms with Crippen molar-refractivity contribution in [1.29, 1.82) is 0 Å². The largest absolute Gasteiger partial charge is 0.440 e. The van der Waals surface area contributed by atoms with Gasteiger partial charge in [-0.15, -0.1) is 11.8 Å². The molecule has 7 heteroatoms. The fourth-order valence-electron chi connectivity index (χ4n) is 2.45. The van der Waals surface area contributed by atoms with E-state index in [0.717, 1.165) is 0 Å². The minimum absolute atomic E-state index is 0.116. The van der Waals surface area contributed by atoms with Crippen LogP contribution in [0.2, 0.25) is 0 Å². The quantitative estimate of drug-likeness (QED) is 0.650. The standard InChI is InChI=1S/C20H21N3O3S/c1-20(2,3)19-23-14-10-12(8-9-15(14)26-19)22-18(25)13-6-4-5-7-16(13)27-11-17(21)24/h4-10H,11H2,1-3H3,(H2,21,24)(H,22,25). The highest BCUT2D eigenvalue weighted by molar-refractivity contribution is 8.00. The van der Waals surface area contributed by atoms with Gasteiger partial charge in [-0.1, -0.05) is 32.9 Å². The minimum Gasteiger partial charge on any atom is -0.440 e. The second-order valence-electron chi connectivity index (χ2n) is 7.16. The maximum absolute atomic E-state index is 12.7. The number of thioether (sulfide) groups is 1. The van der Waals surface area contributed by atoms with Gasteiger partial charge in [0.15, 0.2) is 5.58 Å². The highest BCUT2D eigenvalue weighted by atomic mass is 32.2. The summed E-state index contributed by atoms with van der Waals surface area (Å²) in [4.78, 5) is 28.9. The number of nitrogens with two attached hydrogens (primary N) is 1. The average Bonchev–Trinajstić information content (AvgIpc) is 3.04. The Morgan fingerprint density at radius 3 is 2.63 bits per heavy atom. The number of hydrogen-bond acceptors (Lipinski definition) is 5. The molecule has 3 N–H and O–H groups in total. The van der Waals surface area contributed by atoms with E-state index in [2.05, 4.69) is 10.3 Å². The number of nitrogens with one attached hydrogen (secondary N) is 1. The lowest BCUT2D eigenvalue weighted by Gasteiger charge is -2.11. The number of aromatic nitrogens is 1. The molecule has 6 nitrogen and oxygen atoms in total. The summed E-state index contributed by atoms with van der Waals surface area (Å²) in [7, 11) is 0. The maximum Gasteiger partial charge on any atom is 0.256 e. The molecule has 3 rings (SSSR count). The number of hydrogen-bond donors (Lipinski definition) is 2. The second-order valence-corrected chi connectivity index (χ2v) is 8.17. The van der Waals surface area contributed by atoms with Crippen LogP contribution in [0, 0.1) is 0 Å². The minimum atomic E-state index is -0.429. The summed E-state index contributed by atoms with van der Waals surface area (Å²) in [5.74, 6) is 0.0714. The first-order valence-electron chi connectivity index (χ1n) is 8.46. The van der Waals surface area contributed by atoms with Crippen molar-refractivity contribution < 1.29 is 14.0 Å². The van der Waals surface area contributed by atoms with Crippen LogP contribution in [0.5, 0.6) is 0 Å². The number of amides is 2. The molecule has 140 valence electrons. The van der Waals surface area contributed by atoms with E-state index in [-0.39, 0.29) is 17.1 Å². The smallest absolute Gasteiger partial charge is 0.256 e. The van der Waals surface area contributed by atoms with E-state index in [4.69, 9.17) is 10.2 Å². The number of anilines is 1. The van der Waals surface area contributed by atoms with Gasteiger partial charge in [0.05, 0.1) is 11.3 Å². The number of carbonyl (C=O) groups is 2. The van der Waals surface area contributed by atoms with Crippen LogP contribution in [0.1, 0.15) is 37.0 Å². The molecule has 0 spiro atoms. The van der Waals surface area contributed by atoms with Gasteiger partial charge in [0.1, 0.15) is 5.52 Å². The summed E-state index contributed by atoms with van der Waals surface area (Å²) in [5.41, 5.74) is 7.48. The molecular weight excluding hydrogens is 362 g/mol. The summed E-state index contributed by atoms with van der Waals surface area (Å²) < 4.78 is 5.78. The molecule has 0 atom stereocenters. The van der Waals surface area contributed by atoms with Gasteiger partial charge in [-0.2, -0.15) is 0 Å². The molecule has 0 saturated carbocycles. The number of oxazole rings is 1. The molecule has 2 amide bonds. The highest BCUT2D eigenvalue weighted by Gasteiger charge is 2.21. The summed E-state index contributed by atoms with van der Waals surface area (Å²) >= 11 is 1.24. The molecule has 0 aliphatic carbocycles. The summed E-state index contributed by atoms with van der Waals surface area (Å²) in [6.45, 7) is 6.09. The fraction of sp³-hybridized carbons (Fsp3) is 0.250. The molecular formula is C20H21N3O3S. The normalized spacial score (nSPS) is 11.5. The van der Waals surface area contributed by atoms with E-state index in [9.17, 15) is 9.59 Å². The zero-order valence-electron chi connectivity index (χ0n) is 15.4. The molecule has 0 fully saturated rings.